The zero-order valence-corrected chi connectivity index (χ0v) is 11.3. The molecule has 17 heavy (non-hydrogen) atoms. The topological polar surface area (TPSA) is 35.5 Å². The normalized spacial score (nSPS) is 19.3. The minimum absolute atomic E-state index is 0.0532. The Morgan fingerprint density at radius 1 is 1.59 bits per heavy atom. The predicted molar refractivity (Wildman–Crippen MR) is 68.6 cm³/mol. The summed E-state index contributed by atoms with van der Waals surface area (Å²) in [7, 11) is 0. The lowest BCUT2D eigenvalue weighted by Crippen LogP contribution is -2.19. The second-order valence-corrected chi connectivity index (χ2v) is 4.79. The van der Waals surface area contributed by atoms with E-state index in [9.17, 15) is 4.79 Å². The lowest BCUT2D eigenvalue weighted by molar-refractivity contribution is 0.0642. The number of hydrogen-bond acceptors (Lipinski definition) is 3. The Hall–Kier alpha value is -0.870. The number of halogens is 1. The number of carbonyl (C=O) groups excluding carboxylic acids is 1. The third kappa shape index (κ3) is 2.87. The summed E-state index contributed by atoms with van der Waals surface area (Å²) < 4.78 is 11.5. The van der Waals surface area contributed by atoms with Crippen molar-refractivity contribution in [3.8, 4) is 5.75 Å². The quantitative estimate of drug-likeness (QED) is 0.801. The number of benzene rings is 1. The van der Waals surface area contributed by atoms with Crippen molar-refractivity contribution < 1.29 is 14.3 Å². The first-order valence-corrected chi connectivity index (χ1v) is 6.60. The van der Waals surface area contributed by atoms with Gasteiger partial charge in [-0.1, -0.05) is 0 Å². The van der Waals surface area contributed by atoms with Crippen LogP contribution in [0.15, 0.2) is 22.7 Å². The number of carbonyl (C=O) groups is 1. The van der Waals surface area contributed by atoms with Crippen LogP contribution in [0.1, 0.15) is 30.1 Å². The van der Waals surface area contributed by atoms with Crippen molar-refractivity contribution in [1.82, 2.24) is 0 Å². The summed E-state index contributed by atoms with van der Waals surface area (Å²) in [6, 6.07) is 5.43. The molecule has 0 saturated carbocycles. The molecule has 1 aliphatic heterocycles. The van der Waals surface area contributed by atoms with Crippen molar-refractivity contribution in [1.29, 1.82) is 0 Å². The van der Waals surface area contributed by atoms with E-state index in [1.807, 2.05) is 19.1 Å². The Morgan fingerprint density at radius 3 is 3.00 bits per heavy atom. The van der Waals surface area contributed by atoms with Crippen LogP contribution in [0.25, 0.3) is 0 Å². The van der Waals surface area contributed by atoms with E-state index in [-0.39, 0.29) is 11.9 Å². The van der Waals surface area contributed by atoms with Gasteiger partial charge in [0.05, 0.1) is 6.61 Å². The molecular weight excluding hydrogens is 284 g/mol. The SMILES string of the molecule is CCOc1ccc(C(=O)C2CCCO2)c(Br)c1. The lowest BCUT2D eigenvalue weighted by Gasteiger charge is -2.11. The van der Waals surface area contributed by atoms with Crippen LogP contribution in [-0.4, -0.2) is 25.1 Å². The molecule has 0 bridgehead atoms. The van der Waals surface area contributed by atoms with Crippen LogP contribution in [-0.2, 0) is 4.74 Å². The van der Waals surface area contributed by atoms with E-state index in [0.29, 0.717) is 18.8 Å². The van der Waals surface area contributed by atoms with Crippen molar-refractivity contribution in [2.24, 2.45) is 0 Å². The average Bonchev–Trinajstić information content (AvgIpc) is 2.82. The largest absolute Gasteiger partial charge is 0.494 e. The molecule has 0 aromatic heterocycles. The van der Waals surface area contributed by atoms with E-state index < -0.39 is 0 Å². The smallest absolute Gasteiger partial charge is 0.192 e. The molecule has 1 aliphatic rings. The Labute approximate surface area is 109 Å². The molecule has 1 atom stereocenters. The monoisotopic (exact) mass is 298 g/mol. The van der Waals surface area contributed by atoms with Gasteiger partial charge in [-0.2, -0.15) is 0 Å². The second-order valence-electron chi connectivity index (χ2n) is 3.94. The van der Waals surface area contributed by atoms with Crippen molar-refractivity contribution >= 4 is 21.7 Å². The molecular formula is C13H15BrO3. The fourth-order valence-corrected chi connectivity index (χ4v) is 2.46. The van der Waals surface area contributed by atoms with Crippen molar-refractivity contribution in [3.63, 3.8) is 0 Å². The van der Waals surface area contributed by atoms with E-state index >= 15 is 0 Å². The highest BCUT2D eigenvalue weighted by Crippen LogP contribution is 2.26. The lowest BCUT2D eigenvalue weighted by atomic mass is 10.0. The van der Waals surface area contributed by atoms with Crippen LogP contribution in [0.5, 0.6) is 5.75 Å². The molecule has 2 rings (SSSR count). The molecule has 3 nitrogen and oxygen atoms in total. The molecule has 1 heterocycles. The van der Waals surface area contributed by atoms with Crippen LogP contribution >= 0.6 is 15.9 Å². The Balaban J connectivity index is 2.17. The van der Waals surface area contributed by atoms with Gasteiger partial charge in [-0.3, -0.25) is 4.79 Å². The molecule has 4 heteroatoms. The van der Waals surface area contributed by atoms with Gasteiger partial charge in [0.15, 0.2) is 5.78 Å². The highest BCUT2D eigenvalue weighted by molar-refractivity contribution is 9.10. The van der Waals surface area contributed by atoms with E-state index in [2.05, 4.69) is 15.9 Å². The van der Waals surface area contributed by atoms with Gasteiger partial charge in [-0.15, -0.1) is 0 Å². The summed E-state index contributed by atoms with van der Waals surface area (Å²) in [5.74, 6) is 0.820. The minimum Gasteiger partial charge on any atom is -0.494 e. The van der Waals surface area contributed by atoms with Gasteiger partial charge in [0.25, 0.3) is 0 Å². The van der Waals surface area contributed by atoms with Crippen LogP contribution in [0, 0.1) is 0 Å². The van der Waals surface area contributed by atoms with Gasteiger partial charge in [0.2, 0.25) is 0 Å². The summed E-state index contributed by atoms with van der Waals surface area (Å²) in [6.45, 7) is 3.23. The highest BCUT2D eigenvalue weighted by atomic mass is 79.9. The summed E-state index contributed by atoms with van der Waals surface area (Å²) in [6.07, 6.45) is 1.51. The minimum atomic E-state index is -0.274. The van der Waals surface area contributed by atoms with E-state index in [1.165, 1.54) is 0 Å². The van der Waals surface area contributed by atoms with Gasteiger partial charge < -0.3 is 9.47 Å². The molecule has 0 N–H and O–H groups in total. The molecule has 0 spiro atoms. The first kappa shape index (κ1) is 12.6. The Kier molecular flexibility index (Phi) is 4.18. The summed E-state index contributed by atoms with van der Waals surface area (Å²) >= 11 is 3.41. The standard InChI is InChI=1S/C13H15BrO3/c1-2-16-9-5-6-10(11(14)8-9)13(15)12-4-3-7-17-12/h5-6,8,12H,2-4,7H2,1H3. The van der Waals surface area contributed by atoms with Crippen molar-refractivity contribution in [2.75, 3.05) is 13.2 Å². The average molecular weight is 299 g/mol. The van der Waals surface area contributed by atoms with Crippen LogP contribution in [0.3, 0.4) is 0 Å². The highest BCUT2D eigenvalue weighted by Gasteiger charge is 2.26. The molecule has 1 saturated heterocycles. The van der Waals surface area contributed by atoms with E-state index in [0.717, 1.165) is 23.1 Å². The molecule has 0 amide bonds. The van der Waals surface area contributed by atoms with Gasteiger partial charge in [0.1, 0.15) is 11.9 Å². The number of Topliss-reactive ketones (excluding diaryl/α,β-unsaturated/α-hetero) is 1. The van der Waals surface area contributed by atoms with Gasteiger partial charge in [-0.05, 0) is 53.9 Å². The van der Waals surface area contributed by atoms with Gasteiger partial charge in [-0.25, -0.2) is 0 Å². The van der Waals surface area contributed by atoms with Crippen molar-refractivity contribution in [3.05, 3.63) is 28.2 Å². The fourth-order valence-electron chi connectivity index (χ4n) is 1.91. The maximum atomic E-state index is 12.1. The first-order valence-electron chi connectivity index (χ1n) is 5.80. The van der Waals surface area contributed by atoms with Crippen LogP contribution < -0.4 is 4.74 Å². The van der Waals surface area contributed by atoms with E-state index in [1.54, 1.807) is 6.07 Å². The molecule has 1 unspecified atom stereocenters. The summed E-state index contributed by atoms with van der Waals surface area (Å²) in [5.41, 5.74) is 0.667. The first-order chi connectivity index (χ1) is 8.22. The van der Waals surface area contributed by atoms with Gasteiger partial charge >= 0.3 is 0 Å². The number of ketones is 1. The van der Waals surface area contributed by atoms with Crippen LogP contribution in [0.4, 0.5) is 0 Å². The van der Waals surface area contributed by atoms with Crippen molar-refractivity contribution in [2.45, 2.75) is 25.9 Å². The molecule has 92 valence electrons. The molecule has 0 radical (unpaired) electrons. The maximum absolute atomic E-state index is 12.1. The second kappa shape index (κ2) is 5.65. The predicted octanol–water partition coefficient (Wildman–Crippen LogP) is 3.21. The third-order valence-electron chi connectivity index (χ3n) is 2.74. The van der Waals surface area contributed by atoms with Gasteiger partial charge in [0, 0.05) is 16.6 Å². The molecule has 1 aromatic rings. The number of hydrogen-bond donors (Lipinski definition) is 0. The number of rotatable bonds is 4. The zero-order valence-electron chi connectivity index (χ0n) is 9.74. The molecule has 0 aliphatic carbocycles. The zero-order chi connectivity index (χ0) is 12.3. The Bertz CT molecular complexity index is 411. The summed E-state index contributed by atoms with van der Waals surface area (Å²) in [5, 5.41) is 0. The fraction of sp³-hybridized carbons (Fsp3) is 0.462. The maximum Gasteiger partial charge on any atom is 0.192 e. The van der Waals surface area contributed by atoms with E-state index in [4.69, 9.17) is 9.47 Å². The molecule has 1 fully saturated rings. The third-order valence-corrected chi connectivity index (χ3v) is 3.40. The number of ether oxygens (including phenoxy) is 2. The molecule has 1 aromatic carbocycles. The summed E-state index contributed by atoms with van der Waals surface area (Å²) in [4.78, 5) is 12.1. The Morgan fingerprint density at radius 2 is 2.41 bits per heavy atom. The van der Waals surface area contributed by atoms with Crippen LogP contribution in [0.2, 0.25) is 0 Å².